The van der Waals surface area contributed by atoms with Crippen molar-refractivity contribution in [3.8, 4) is 0 Å². The van der Waals surface area contributed by atoms with Crippen molar-refractivity contribution in [2.24, 2.45) is 30.0 Å². The minimum Gasteiger partial charge on any atom is -0.427 e. The Kier molecular flexibility index (Phi) is 9.86. The summed E-state index contributed by atoms with van der Waals surface area (Å²) in [5.41, 5.74) is 7.94. The summed E-state index contributed by atoms with van der Waals surface area (Å²) in [6.07, 6.45) is 7.22. The molecule has 15 heteroatoms. The van der Waals surface area contributed by atoms with Crippen LogP contribution in [0.15, 0.2) is 59.8 Å². The number of anilines is 2. The van der Waals surface area contributed by atoms with Crippen molar-refractivity contribution < 1.29 is 19.1 Å². The van der Waals surface area contributed by atoms with Crippen LogP contribution in [-0.4, -0.2) is 56.0 Å². The number of nitrogens with one attached hydrogen (secondary N) is 1. The molecule has 0 radical (unpaired) electrons. The molecule has 3 N–H and O–H groups in total. The number of aromatic nitrogens is 5. The van der Waals surface area contributed by atoms with Gasteiger partial charge in [-0.15, -0.1) is 5.10 Å². The molecule has 3 aliphatic rings. The number of benzene rings is 2. The number of hydrogen-bond donors (Lipinski definition) is 2. The molecule has 3 aromatic heterocycles. The third-order valence-electron chi connectivity index (χ3n) is 10.5. The van der Waals surface area contributed by atoms with E-state index in [1.165, 1.54) is 15.7 Å². The summed E-state index contributed by atoms with van der Waals surface area (Å²) in [5, 5.41) is 14.9. The number of halogens is 2. The second-order valence-electron chi connectivity index (χ2n) is 16.1. The van der Waals surface area contributed by atoms with Gasteiger partial charge in [0.05, 0.1) is 38.7 Å². The van der Waals surface area contributed by atoms with Crippen LogP contribution in [0.4, 0.5) is 16.2 Å². The van der Waals surface area contributed by atoms with Crippen LogP contribution in [0.3, 0.4) is 0 Å². The van der Waals surface area contributed by atoms with E-state index in [-0.39, 0.29) is 27.5 Å². The Morgan fingerprint density at radius 3 is 2.48 bits per heavy atom. The van der Waals surface area contributed by atoms with Crippen LogP contribution in [-0.2, 0) is 26.9 Å². The lowest BCUT2D eigenvalue weighted by Crippen LogP contribution is -2.59. The molecule has 284 valence electrons. The van der Waals surface area contributed by atoms with Gasteiger partial charge in [0.25, 0.3) is 5.56 Å². The largest absolute Gasteiger partial charge is 0.427 e. The van der Waals surface area contributed by atoms with E-state index in [1.54, 1.807) is 51.4 Å². The standard InChI is InChI=1S/C39H44Cl2N8O5/c1-21(2)31(42)36(51)53-20-54-37(52)49(23-12-27-32(28(40)13-23)43-17-29(41)33(27)44-19-38(3,4)5)34(30-18-48(46-45-30)39-14-22(15-39)16-39)25-8-7-9-26-24(25)10-11-47(6)35(26)50/h7-13,17-18,21-22,31,34H,14-16,19-20,42H2,1-6H3,(H,43,44)/t22?,31-,34-,39?/m0/s1. The van der Waals surface area contributed by atoms with Crippen LogP contribution in [0.1, 0.15) is 71.2 Å². The molecule has 2 atom stereocenters. The molecule has 1 amide bonds. The number of esters is 1. The maximum absolute atomic E-state index is 14.7. The number of rotatable bonds is 11. The number of carbonyl (C=O) groups excluding carboxylic acids is 2. The van der Waals surface area contributed by atoms with E-state index in [0.29, 0.717) is 61.8 Å². The molecule has 0 unspecified atom stereocenters. The van der Waals surface area contributed by atoms with Gasteiger partial charge in [-0.1, -0.05) is 75.2 Å². The lowest BCUT2D eigenvalue weighted by molar-refractivity contribution is -0.154. The number of nitrogens with two attached hydrogens (primary N) is 1. The quantitative estimate of drug-likeness (QED) is 0.104. The van der Waals surface area contributed by atoms with Gasteiger partial charge < -0.3 is 25.1 Å². The van der Waals surface area contributed by atoms with Gasteiger partial charge in [0.15, 0.2) is 0 Å². The molecule has 5 aromatic rings. The van der Waals surface area contributed by atoms with Crippen molar-refractivity contribution in [2.45, 2.75) is 71.5 Å². The van der Waals surface area contributed by atoms with Crippen LogP contribution in [0, 0.1) is 17.3 Å². The lowest BCUT2D eigenvalue weighted by Gasteiger charge is -2.61. The maximum atomic E-state index is 14.7. The molecule has 0 spiro atoms. The van der Waals surface area contributed by atoms with Crippen LogP contribution in [0.5, 0.6) is 0 Å². The van der Waals surface area contributed by atoms with E-state index in [4.69, 9.17) is 38.4 Å². The van der Waals surface area contributed by atoms with E-state index in [0.717, 1.165) is 19.3 Å². The highest BCUT2D eigenvalue weighted by molar-refractivity contribution is 6.38. The molecular formula is C39H44Cl2N8O5. The van der Waals surface area contributed by atoms with Gasteiger partial charge in [-0.25, -0.2) is 9.48 Å². The molecule has 0 aliphatic heterocycles. The van der Waals surface area contributed by atoms with Gasteiger partial charge in [0.1, 0.15) is 17.8 Å². The van der Waals surface area contributed by atoms with Crippen molar-refractivity contribution in [3.63, 3.8) is 0 Å². The first-order chi connectivity index (χ1) is 25.6. The predicted molar refractivity (Wildman–Crippen MR) is 209 cm³/mol. The maximum Gasteiger partial charge on any atom is 0.418 e. The molecule has 8 rings (SSSR count). The first-order valence-corrected chi connectivity index (χ1v) is 18.7. The Labute approximate surface area is 322 Å². The molecule has 0 saturated heterocycles. The second kappa shape index (κ2) is 14.2. The molecule has 13 nitrogen and oxygen atoms in total. The first-order valence-electron chi connectivity index (χ1n) is 18.0. The highest BCUT2D eigenvalue weighted by Gasteiger charge is 2.59. The molecule has 54 heavy (non-hydrogen) atoms. The molecular weight excluding hydrogens is 731 g/mol. The van der Waals surface area contributed by atoms with E-state index < -0.39 is 30.9 Å². The molecule has 2 bridgehead atoms. The fraction of sp³-hybridized carbons (Fsp3) is 0.436. The number of pyridine rings is 2. The second-order valence-corrected chi connectivity index (χ2v) is 16.9. The average Bonchev–Trinajstić information content (AvgIpc) is 3.54. The van der Waals surface area contributed by atoms with Gasteiger partial charge in [0.2, 0.25) is 6.79 Å². The summed E-state index contributed by atoms with van der Waals surface area (Å²) in [7, 11) is 1.68. The fourth-order valence-corrected chi connectivity index (χ4v) is 7.72. The smallest absolute Gasteiger partial charge is 0.418 e. The van der Waals surface area contributed by atoms with Crippen molar-refractivity contribution in [1.29, 1.82) is 0 Å². The Bertz CT molecular complexity index is 2320. The third-order valence-corrected chi connectivity index (χ3v) is 11.1. The summed E-state index contributed by atoms with van der Waals surface area (Å²) < 4.78 is 14.4. The number of nitrogens with zero attached hydrogens (tertiary/aromatic N) is 6. The van der Waals surface area contributed by atoms with Crippen LogP contribution in [0.2, 0.25) is 10.0 Å². The molecule has 3 aliphatic carbocycles. The minimum absolute atomic E-state index is 0.103. The van der Waals surface area contributed by atoms with Crippen molar-refractivity contribution in [2.75, 3.05) is 23.6 Å². The summed E-state index contributed by atoms with van der Waals surface area (Å²) in [5.74, 6) is -0.226. The number of hydrogen-bond acceptors (Lipinski definition) is 10. The number of aryl methyl sites for hydroxylation is 1. The van der Waals surface area contributed by atoms with E-state index >= 15 is 0 Å². The van der Waals surface area contributed by atoms with Crippen LogP contribution >= 0.6 is 23.2 Å². The SMILES string of the molecule is CC(C)[C@H](N)C(=O)OCOC(=O)N(c1cc(Cl)c2ncc(Cl)c(NCC(C)(C)C)c2c1)[C@H](c1cn(C23CC(C2)C3)nn1)c1cccc2c(=O)n(C)ccc12. The normalized spacial score (nSPS) is 18.9. The van der Waals surface area contributed by atoms with Gasteiger partial charge in [0, 0.05) is 36.8 Å². The van der Waals surface area contributed by atoms with Crippen LogP contribution < -0.4 is 21.5 Å². The number of amides is 1. The van der Waals surface area contributed by atoms with Crippen LogP contribution in [0.25, 0.3) is 21.7 Å². The zero-order valence-corrected chi connectivity index (χ0v) is 32.6. The number of fused-ring (bicyclic) bond motifs is 2. The highest BCUT2D eigenvalue weighted by atomic mass is 35.5. The Hall–Kier alpha value is -4.72. The zero-order chi connectivity index (χ0) is 38.7. The number of ether oxygens (including phenoxy) is 2. The van der Waals surface area contributed by atoms with Crippen molar-refractivity contribution >= 4 is 68.3 Å². The lowest BCUT2D eigenvalue weighted by atomic mass is 9.50. The predicted octanol–water partition coefficient (Wildman–Crippen LogP) is 7.17. The minimum atomic E-state index is -1.00. The monoisotopic (exact) mass is 774 g/mol. The topological polar surface area (TPSA) is 159 Å². The Morgan fingerprint density at radius 2 is 1.81 bits per heavy atom. The molecule has 3 heterocycles. The molecule has 3 fully saturated rings. The zero-order valence-electron chi connectivity index (χ0n) is 31.1. The van der Waals surface area contributed by atoms with E-state index in [1.807, 2.05) is 23.0 Å². The van der Waals surface area contributed by atoms with Crippen molar-refractivity contribution in [1.82, 2.24) is 24.5 Å². The Balaban J connectivity index is 1.42. The number of carbonyl (C=O) groups is 2. The Morgan fingerprint density at radius 1 is 1.07 bits per heavy atom. The first kappa shape index (κ1) is 37.6. The average molecular weight is 776 g/mol. The van der Waals surface area contributed by atoms with E-state index in [9.17, 15) is 14.4 Å². The molecule has 2 aromatic carbocycles. The van der Waals surface area contributed by atoms with Gasteiger partial charge in [-0.05, 0) is 71.7 Å². The molecule has 3 saturated carbocycles. The summed E-state index contributed by atoms with van der Waals surface area (Å²) >= 11 is 13.7. The van der Waals surface area contributed by atoms with Crippen molar-refractivity contribution in [3.05, 3.63) is 86.6 Å². The van der Waals surface area contributed by atoms with E-state index in [2.05, 4.69) is 41.4 Å². The summed E-state index contributed by atoms with van der Waals surface area (Å²) in [6, 6.07) is 8.63. The fourth-order valence-electron chi connectivity index (χ4n) is 7.24. The van der Waals surface area contributed by atoms with Gasteiger partial charge in [-0.2, -0.15) is 0 Å². The summed E-state index contributed by atoms with van der Waals surface area (Å²) in [4.78, 5) is 46.7. The summed E-state index contributed by atoms with van der Waals surface area (Å²) in [6.45, 7) is 9.72. The van der Waals surface area contributed by atoms with Gasteiger partial charge >= 0.3 is 12.1 Å². The van der Waals surface area contributed by atoms with Gasteiger partial charge in [-0.3, -0.25) is 19.5 Å². The highest BCUT2D eigenvalue weighted by Crippen LogP contribution is 2.62. The third kappa shape index (κ3) is 6.88.